The van der Waals surface area contributed by atoms with Crippen LogP contribution in [0.5, 0.6) is 0 Å². The van der Waals surface area contributed by atoms with Gasteiger partial charge in [-0.05, 0) is 38.6 Å². The summed E-state index contributed by atoms with van der Waals surface area (Å²) in [5.41, 5.74) is 1.43. The second-order valence-corrected chi connectivity index (χ2v) is 4.91. The normalized spacial score (nSPS) is 15.2. The third-order valence-corrected chi connectivity index (χ3v) is 3.33. The molecule has 1 rings (SSSR count). The van der Waals surface area contributed by atoms with Crippen LogP contribution in [0.3, 0.4) is 0 Å². The van der Waals surface area contributed by atoms with Gasteiger partial charge in [-0.25, -0.2) is 0 Å². The van der Waals surface area contributed by atoms with E-state index < -0.39 is 5.97 Å². The molecule has 0 atom stereocenters. The molecule has 1 aliphatic rings. The lowest BCUT2D eigenvalue weighted by molar-refractivity contribution is -0.138. The van der Waals surface area contributed by atoms with E-state index in [-0.39, 0.29) is 19.0 Å². The maximum Gasteiger partial charge on any atom is 0.317 e. The molecule has 0 aromatic heterocycles. The van der Waals surface area contributed by atoms with Gasteiger partial charge in [0.15, 0.2) is 0 Å². The van der Waals surface area contributed by atoms with Gasteiger partial charge in [0.05, 0.1) is 13.1 Å². The number of carbonyl (C=O) groups is 2. The number of carboxylic acid groups (broad SMARTS) is 1. The Hall–Kier alpha value is -1.36. The molecular weight excluding hydrogens is 244 g/mol. The van der Waals surface area contributed by atoms with Gasteiger partial charge in [-0.1, -0.05) is 18.6 Å². The average Bonchev–Trinajstić information content (AvgIpc) is 2.38. The summed E-state index contributed by atoms with van der Waals surface area (Å²) in [5.74, 6) is -0.999. The van der Waals surface area contributed by atoms with Gasteiger partial charge in [0.25, 0.3) is 0 Å². The molecule has 19 heavy (non-hydrogen) atoms. The zero-order valence-corrected chi connectivity index (χ0v) is 11.7. The van der Waals surface area contributed by atoms with Gasteiger partial charge in [0.1, 0.15) is 0 Å². The number of nitrogens with zero attached hydrogens (tertiary/aromatic N) is 1. The molecular formula is C14H24N2O3. The van der Waals surface area contributed by atoms with Gasteiger partial charge in [-0.3, -0.25) is 14.5 Å². The molecule has 0 unspecified atom stereocenters. The van der Waals surface area contributed by atoms with Gasteiger partial charge in [0, 0.05) is 6.54 Å². The Morgan fingerprint density at radius 3 is 2.74 bits per heavy atom. The van der Waals surface area contributed by atoms with Crippen molar-refractivity contribution in [3.05, 3.63) is 11.6 Å². The van der Waals surface area contributed by atoms with Gasteiger partial charge in [-0.15, -0.1) is 0 Å². The Balaban J connectivity index is 2.19. The Bertz CT molecular complexity index is 340. The fraction of sp³-hybridized carbons (Fsp3) is 0.714. The van der Waals surface area contributed by atoms with Crippen molar-refractivity contribution in [2.24, 2.45) is 0 Å². The Labute approximate surface area is 114 Å². The number of nitrogens with one attached hydrogen (secondary N) is 1. The van der Waals surface area contributed by atoms with Crippen LogP contribution in [0, 0.1) is 0 Å². The highest BCUT2D eigenvalue weighted by molar-refractivity contribution is 5.79. The molecule has 0 aromatic carbocycles. The topological polar surface area (TPSA) is 69.6 Å². The lowest BCUT2D eigenvalue weighted by atomic mass is 9.97. The van der Waals surface area contributed by atoms with Crippen molar-refractivity contribution in [2.75, 3.05) is 26.2 Å². The number of likely N-dealkylation sites (N-methyl/N-ethyl adjacent to an activating group) is 1. The lowest BCUT2D eigenvalue weighted by Crippen LogP contribution is -2.40. The molecule has 1 amide bonds. The number of hydrogen-bond donors (Lipinski definition) is 2. The quantitative estimate of drug-likeness (QED) is 0.653. The molecule has 0 aliphatic heterocycles. The monoisotopic (exact) mass is 268 g/mol. The third-order valence-electron chi connectivity index (χ3n) is 3.33. The Morgan fingerprint density at radius 2 is 2.16 bits per heavy atom. The molecule has 0 saturated carbocycles. The first-order chi connectivity index (χ1) is 9.11. The first-order valence-corrected chi connectivity index (χ1v) is 7.00. The fourth-order valence-corrected chi connectivity index (χ4v) is 2.22. The van der Waals surface area contributed by atoms with E-state index in [4.69, 9.17) is 5.11 Å². The first kappa shape index (κ1) is 15.7. The predicted molar refractivity (Wildman–Crippen MR) is 73.9 cm³/mol. The van der Waals surface area contributed by atoms with Crippen molar-refractivity contribution < 1.29 is 14.7 Å². The summed E-state index contributed by atoms with van der Waals surface area (Å²) >= 11 is 0. The van der Waals surface area contributed by atoms with Crippen LogP contribution < -0.4 is 5.32 Å². The number of carbonyl (C=O) groups excluding carboxylic acids is 1. The summed E-state index contributed by atoms with van der Waals surface area (Å²) in [6.07, 6.45) is 8.02. The maximum atomic E-state index is 11.7. The number of hydrogen-bond acceptors (Lipinski definition) is 3. The minimum absolute atomic E-state index is 0.0882. The third kappa shape index (κ3) is 6.96. The van der Waals surface area contributed by atoms with Crippen LogP contribution in [0.25, 0.3) is 0 Å². The van der Waals surface area contributed by atoms with Crippen LogP contribution in [-0.2, 0) is 9.59 Å². The Morgan fingerprint density at radius 1 is 1.37 bits per heavy atom. The number of amides is 1. The zero-order valence-electron chi connectivity index (χ0n) is 11.7. The van der Waals surface area contributed by atoms with E-state index in [0.717, 1.165) is 19.3 Å². The molecule has 5 nitrogen and oxygen atoms in total. The van der Waals surface area contributed by atoms with Crippen molar-refractivity contribution in [1.29, 1.82) is 0 Å². The standard InChI is InChI=1S/C14H24N2O3/c1-2-16(11-14(18)19)10-13(17)15-9-8-12-6-4-3-5-7-12/h6H,2-5,7-11H2,1H3,(H,15,17)(H,18,19). The molecule has 0 bridgehead atoms. The van der Waals surface area contributed by atoms with Gasteiger partial charge < -0.3 is 10.4 Å². The van der Waals surface area contributed by atoms with Crippen LogP contribution in [0.2, 0.25) is 0 Å². The van der Waals surface area contributed by atoms with E-state index in [1.54, 1.807) is 4.90 Å². The predicted octanol–water partition coefficient (Wildman–Crippen LogP) is 1.40. The average molecular weight is 268 g/mol. The SMILES string of the molecule is CCN(CC(=O)O)CC(=O)NCCC1=CCCCC1. The zero-order chi connectivity index (χ0) is 14.1. The van der Waals surface area contributed by atoms with E-state index in [2.05, 4.69) is 11.4 Å². The first-order valence-electron chi connectivity index (χ1n) is 7.00. The van der Waals surface area contributed by atoms with Crippen molar-refractivity contribution in [3.8, 4) is 0 Å². The van der Waals surface area contributed by atoms with Gasteiger partial charge in [-0.2, -0.15) is 0 Å². The highest BCUT2D eigenvalue weighted by Crippen LogP contribution is 2.19. The van der Waals surface area contributed by atoms with E-state index >= 15 is 0 Å². The van der Waals surface area contributed by atoms with Crippen molar-refractivity contribution in [1.82, 2.24) is 10.2 Å². The van der Waals surface area contributed by atoms with E-state index in [1.807, 2.05) is 6.92 Å². The van der Waals surface area contributed by atoms with Crippen LogP contribution in [0.1, 0.15) is 39.0 Å². The van der Waals surface area contributed by atoms with Crippen molar-refractivity contribution in [2.45, 2.75) is 39.0 Å². The van der Waals surface area contributed by atoms with Gasteiger partial charge >= 0.3 is 5.97 Å². The highest BCUT2D eigenvalue weighted by Gasteiger charge is 2.12. The Kier molecular flexibility index (Phi) is 7.18. The van der Waals surface area contributed by atoms with Crippen molar-refractivity contribution >= 4 is 11.9 Å². The van der Waals surface area contributed by atoms with Crippen LogP contribution in [0.15, 0.2) is 11.6 Å². The van der Waals surface area contributed by atoms with Gasteiger partial charge in [0.2, 0.25) is 5.91 Å². The molecule has 5 heteroatoms. The number of allylic oxidation sites excluding steroid dienone is 1. The molecule has 1 aliphatic carbocycles. The van der Waals surface area contributed by atoms with E-state index in [0.29, 0.717) is 13.1 Å². The summed E-state index contributed by atoms with van der Waals surface area (Å²) in [4.78, 5) is 23.9. The summed E-state index contributed by atoms with van der Waals surface area (Å²) in [6, 6.07) is 0. The molecule has 0 heterocycles. The summed E-state index contributed by atoms with van der Waals surface area (Å²) in [5, 5.41) is 11.5. The number of carboxylic acids is 1. The van der Waals surface area contributed by atoms with Crippen LogP contribution in [-0.4, -0.2) is 48.1 Å². The minimum Gasteiger partial charge on any atom is -0.480 e. The molecule has 0 saturated heterocycles. The molecule has 0 spiro atoms. The smallest absolute Gasteiger partial charge is 0.317 e. The second-order valence-electron chi connectivity index (χ2n) is 4.91. The molecule has 0 radical (unpaired) electrons. The second kappa shape index (κ2) is 8.69. The summed E-state index contributed by atoms with van der Waals surface area (Å²) < 4.78 is 0. The summed E-state index contributed by atoms with van der Waals surface area (Å²) in [7, 11) is 0. The highest BCUT2D eigenvalue weighted by atomic mass is 16.4. The minimum atomic E-state index is -0.901. The number of aliphatic carboxylic acids is 1. The lowest BCUT2D eigenvalue weighted by Gasteiger charge is -2.18. The van der Waals surface area contributed by atoms with Crippen molar-refractivity contribution in [3.63, 3.8) is 0 Å². The number of rotatable bonds is 8. The molecule has 2 N–H and O–H groups in total. The van der Waals surface area contributed by atoms with E-state index in [1.165, 1.54) is 18.4 Å². The van der Waals surface area contributed by atoms with Crippen LogP contribution in [0.4, 0.5) is 0 Å². The molecule has 0 fully saturated rings. The molecule has 0 aromatic rings. The fourth-order valence-electron chi connectivity index (χ4n) is 2.22. The maximum absolute atomic E-state index is 11.7. The van der Waals surface area contributed by atoms with E-state index in [9.17, 15) is 9.59 Å². The summed E-state index contributed by atoms with van der Waals surface area (Å²) in [6.45, 7) is 3.13. The molecule has 108 valence electrons. The largest absolute Gasteiger partial charge is 0.480 e. The van der Waals surface area contributed by atoms with Crippen LogP contribution >= 0.6 is 0 Å².